The van der Waals surface area contributed by atoms with Crippen molar-refractivity contribution in [2.24, 2.45) is 0 Å². The Labute approximate surface area is 159 Å². The predicted molar refractivity (Wildman–Crippen MR) is 111 cm³/mol. The highest BCUT2D eigenvalue weighted by Crippen LogP contribution is 2.23. The SMILES string of the molecule is O=C(O)/C(=C/C=C/C=C(c1ccccc1)c1ccccc1)c1ccccc1. The zero-order chi connectivity index (χ0) is 18.9. The number of allylic oxidation sites excluding steroid dienone is 4. The van der Waals surface area contributed by atoms with E-state index in [4.69, 9.17) is 0 Å². The molecule has 2 heteroatoms. The van der Waals surface area contributed by atoms with Gasteiger partial charge in [-0.15, -0.1) is 0 Å². The van der Waals surface area contributed by atoms with Gasteiger partial charge in [-0.3, -0.25) is 0 Å². The quantitative estimate of drug-likeness (QED) is 0.447. The Kier molecular flexibility index (Phi) is 6.16. The lowest BCUT2D eigenvalue weighted by atomic mass is 9.97. The molecule has 0 radical (unpaired) electrons. The Morgan fingerprint density at radius 1 is 0.593 bits per heavy atom. The Bertz CT molecular complexity index is 925. The van der Waals surface area contributed by atoms with Crippen molar-refractivity contribution in [2.75, 3.05) is 0 Å². The molecule has 0 aliphatic heterocycles. The van der Waals surface area contributed by atoms with Gasteiger partial charge in [0.1, 0.15) is 0 Å². The van der Waals surface area contributed by atoms with Crippen molar-refractivity contribution in [3.05, 3.63) is 132 Å². The van der Waals surface area contributed by atoms with E-state index in [1.807, 2.05) is 66.7 Å². The van der Waals surface area contributed by atoms with Crippen molar-refractivity contribution in [1.82, 2.24) is 0 Å². The van der Waals surface area contributed by atoms with Crippen molar-refractivity contribution in [1.29, 1.82) is 0 Å². The van der Waals surface area contributed by atoms with Gasteiger partial charge in [0.05, 0.1) is 5.57 Å². The van der Waals surface area contributed by atoms with Crippen LogP contribution in [0.2, 0.25) is 0 Å². The summed E-state index contributed by atoms with van der Waals surface area (Å²) in [5.74, 6) is -0.943. The van der Waals surface area contributed by atoms with E-state index >= 15 is 0 Å². The van der Waals surface area contributed by atoms with Gasteiger partial charge in [-0.2, -0.15) is 0 Å². The van der Waals surface area contributed by atoms with Gasteiger partial charge in [-0.1, -0.05) is 109 Å². The van der Waals surface area contributed by atoms with Crippen LogP contribution in [0.15, 0.2) is 115 Å². The van der Waals surface area contributed by atoms with Gasteiger partial charge in [0, 0.05) is 0 Å². The van der Waals surface area contributed by atoms with Crippen LogP contribution >= 0.6 is 0 Å². The van der Waals surface area contributed by atoms with Gasteiger partial charge >= 0.3 is 5.97 Å². The number of benzene rings is 3. The summed E-state index contributed by atoms with van der Waals surface area (Å²) in [5.41, 5.74) is 4.25. The van der Waals surface area contributed by atoms with Crippen molar-refractivity contribution in [2.45, 2.75) is 0 Å². The third-order valence-electron chi connectivity index (χ3n) is 4.12. The molecule has 0 unspecified atom stereocenters. The third-order valence-corrected chi connectivity index (χ3v) is 4.12. The first kappa shape index (κ1) is 18.2. The minimum atomic E-state index is -0.943. The second-order valence-corrected chi connectivity index (χ2v) is 5.95. The maximum absolute atomic E-state index is 11.6. The molecule has 0 aliphatic rings. The molecule has 0 spiro atoms. The fourth-order valence-electron chi connectivity index (χ4n) is 2.81. The lowest BCUT2D eigenvalue weighted by Crippen LogP contribution is -1.98. The van der Waals surface area contributed by atoms with Crippen molar-refractivity contribution >= 4 is 17.1 Å². The molecule has 3 aromatic carbocycles. The van der Waals surface area contributed by atoms with E-state index < -0.39 is 5.97 Å². The lowest BCUT2D eigenvalue weighted by Gasteiger charge is -2.07. The smallest absolute Gasteiger partial charge is 0.336 e. The molecule has 1 N–H and O–H groups in total. The van der Waals surface area contributed by atoms with E-state index in [2.05, 4.69) is 24.3 Å². The molecule has 0 saturated heterocycles. The van der Waals surface area contributed by atoms with E-state index in [9.17, 15) is 9.90 Å². The highest BCUT2D eigenvalue weighted by atomic mass is 16.4. The average molecular weight is 352 g/mol. The molecule has 0 atom stereocenters. The van der Waals surface area contributed by atoms with Crippen molar-refractivity contribution in [3.63, 3.8) is 0 Å². The summed E-state index contributed by atoms with van der Waals surface area (Å²) in [4.78, 5) is 11.6. The summed E-state index contributed by atoms with van der Waals surface area (Å²) in [6.45, 7) is 0. The zero-order valence-corrected chi connectivity index (χ0v) is 14.8. The predicted octanol–water partition coefficient (Wildman–Crippen LogP) is 5.84. The van der Waals surface area contributed by atoms with Crippen LogP contribution in [0.5, 0.6) is 0 Å². The summed E-state index contributed by atoms with van der Waals surface area (Å²) < 4.78 is 0. The maximum Gasteiger partial charge on any atom is 0.336 e. The summed E-state index contributed by atoms with van der Waals surface area (Å²) in [7, 11) is 0. The first-order valence-corrected chi connectivity index (χ1v) is 8.74. The summed E-state index contributed by atoms with van der Waals surface area (Å²) in [6.07, 6.45) is 7.27. The van der Waals surface area contributed by atoms with Crippen molar-refractivity contribution < 1.29 is 9.90 Å². The molecular formula is C25H20O2. The largest absolute Gasteiger partial charge is 0.478 e. The lowest BCUT2D eigenvalue weighted by molar-refractivity contribution is -0.130. The topological polar surface area (TPSA) is 37.3 Å². The summed E-state index contributed by atoms with van der Waals surface area (Å²) in [6, 6.07) is 29.4. The summed E-state index contributed by atoms with van der Waals surface area (Å²) >= 11 is 0. The molecule has 132 valence electrons. The van der Waals surface area contributed by atoms with E-state index in [1.54, 1.807) is 24.3 Å². The van der Waals surface area contributed by atoms with E-state index in [0.29, 0.717) is 5.56 Å². The minimum Gasteiger partial charge on any atom is -0.478 e. The molecule has 3 rings (SSSR count). The van der Waals surface area contributed by atoms with Gasteiger partial charge < -0.3 is 5.11 Å². The van der Waals surface area contributed by atoms with Crippen LogP contribution in [0.25, 0.3) is 11.1 Å². The van der Waals surface area contributed by atoms with E-state index in [1.165, 1.54) is 0 Å². The Morgan fingerprint density at radius 3 is 1.44 bits per heavy atom. The Hall–Kier alpha value is -3.65. The Morgan fingerprint density at radius 2 is 1.00 bits per heavy atom. The molecule has 0 fully saturated rings. The van der Waals surface area contributed by atoms with Crippen LogP contribution in [0.1, 0.15) is 16.7 Å². The second kappa shape index (κ2) is 9.16. The highest BCUT2D eigenvalue weighted by Gasteiger charge is 2.08. The molecular weight excluding hydrogens is 332 g/mol. The maximum atomic E-state index is 11.6. The summed E-state index contributed by atoms with van der Waals surface area (Å²) in [5, 5.41) is 9.47. The van der Waals surface area contributed by atoms with Gasteiger partial charge in [0.15, 0.2) is 0 Å². The molecule has 0 aliphatic carbocycles. The zero-order valence-electron chi connectivity index (χ0n) is 14.8. The van der Waals surface area contributed by atoms with E-state index in [0.717, 1.165) is 16.7 Å². The van der Waals surface area contributed by atoms with Crippen LogP contribution in [-0.4, -0.2) is 11.1 Å². The van der Waals surface area contributed by atoms with Crippen molar-refractivity contribution in [3.8, 4) is 0 Å². The molecule has 2 nitrogen and oxygen atoms in total. The molecule has 3 aromatic rings. The van der Waals surface area contributed by atoms with Gasteiger partial charge in [0.25, 0.3) is 0 Å². The molecule has 0 bridgehead atoms. The number of hydrogen-bond donors (Lipinski definition) is 1. The fraction of sp³-hybridized carbons (Fsp3) is 0. The van der Waals surface area contributed by atoms with Crippen LogP contribution < -0.4 is 0 Å². The van der Waals surface area contributed by atoms with Crippen LogP contribution in [0.3, 0.4) is 0 Å². The molecule has 0 aromatic heterocycles. The van der Waals surface area contributed by atoms with E-state index in [-0.39, 0.29) is 5.57 Å². The Balaban J connectivity index is 1.93. The molecule has 0 heterocycles. The third kappa shape index (κ3) is 4.93. The molecule has 0 amide bonds. The normalized spacial score (nSPS) is 11.3. The monoisotopic (exact) mass is 352 g/mol. The number of carboxylic acid groups (broad SMARTS) is 1. The first-order valence-electron chi connectivity index (χ1n) is 8.74. The molecule has 27 heavy (non-hydrogen) atoms. The number of hydrogen-bond acceptors (Lipinski definition) is 1. The average Bonchev–Trinajstić information content (AvgIpc) is 2.72. The van der Waals surface area contributed by atoms with Gasteiger partial charge in [0.2, 0.25) is 0 Å². The standard InChI is InChI=1S/C25H20O2/c26-25(27)24(22-16-8-3-9-17-22)19-11-10-18-23(20-12-4-1-5-13-20)21-14-6-2-7-15-21/h1-19H,(H,26,27)/b11-10+,24-19+. The van der Waals surface area contributed by atoms with Crippen LogP contribution in [0, 0.1) is 0 Å². The number of aliphatic carboxylic acids is 1. The number of carboxylic acids is 1. The number of carbonyl (C=O) groups is 1. The number of rotatable bonds is 6. The molecule has 0 saturated carbocycles. The first-order chi connectivity index (χ1) is 13.3. The van der Waals surface area contributed by atoms with Crippen LogP contribution in [-0.2, 0) is 4.79 Å². The van der Waals surface area contributed by atoms with Gasteiger partial charge in [-0.05, 0) is 28.3 Å². The minimum absolute atomic E-state index is 0.265. The van der Waals surface area contributed by atoms with Gasteiger partial charge in [-0.25, -0.2) is 4.79 Å². The van der Waals surface area contributed by atoms with Crippen LogP contribution in [0.4, 0.5) is 0 Å². The fourth-order valence-corrected chi connectivity index (χ4v) is 2.81. The second-order valence-electron chi connectivity index (χ2n) is 5.95. The highest BCUT2D eigenvalue weighted by molar-refractivity contribution is 6.15.